The highest BCUT2D eigenvalue weighted by molar-refractivity contribution is 7.92. The maximum absolute atomic E-state index is 12.8. The van der Waals surface area contributed by atoms with Crippen molar-refractivity contribution in [3.8, 4) is 0 Å². The topological polar surface area (TPSA) is 111 Å². The van der Waals surface area contributed by atoms with Crippen molar-refractivity contribution >= 4 is 39.4 Å². The minimum absolute atomic E-state index is 0.00827. The summed E-state index contributed by atoms with van der Waals surface area (Å²) in [5.41, 5.74) is 0.906. The molecule has 0 spiro atoms. The molecular formula is C22H27ClN2O6S. The molecule has 0 aromatic heterocycles. The van der Waals surface area contributed by atoms with Crippen LogP contribution in [0.3, 0.4) is 0 Å². The van der Waals surface area contributed by atoms with Crippen molar-refractivity contribution in [1.82, 2.24) is 5.32 Å². The number of sulfonamides is 1. The lowest BCUT2D eigenvalue weighted by molar-refractivity contribution is -0.143. The van der Waals surface area contributed by atoms with E-state index in [2.05, 4.69) is 10.0 Å². The van der Waals surface area contributed by atoms with Gasteiger partial charge in [0.2, 0.25) is 0 Å². The van der Waals surface area contributed by atoms with Crippen LogP contribution in [-0.2, 0) is 30.7 Å². The fourth-order valence-electron chi connectivity index (χ4n) is 2.77. The number of amides is 1. The molecule has 0 unspecified atom stereocenters. The third kappa shape index (κ3) is 7.42. The van der Waals surface area contributed by atoms with Crippen molar-refractivity contribution in [2.75, 3.05) is 11.8 Å². The highest BCUT2D eigenvalue weighted by Gasteiger charge is 2.26. The molecule has 0 aliphatic rings. The predicted molar refractivity (Wildman–Crippen MR) is 122 cm³/mol. The first-order valence-electron chi connectivity index (χ1n) is 9.76. The largest absolute Gasteiger partial charge is 0.467 e. The zero-order valence-corrected chi connectivity index (χ0v) is 20.1. The number of halogens is 1. The highest BCUT2D eigenvalue weighted by Crippen LogP contribution is 2.22. The molecule has 1 amide bonds. The Labute approximate surface area is 193 Å². The molecule has 2 rings (SSSR count). The van der Waals surface area contributed by atoms with Crippen molar-refractivity contribution in [1.29, 1.82) is 0 Å². The zero-order valence-electron chi connectivity index (χ0n) is 18.6. The van der Waals surface area contributed by atoms with Gasteiger partial charge in [0.25, 0.3) is 10.0 Å². The van der Waals surface area contributed by atoms with E-state index in [1.165, 1.54) is 19.2 Å². The molecule has 0 aliphatic carbocycles. The average Bonchev–Trinajstić information content (AvgIpc) is 2.68. The van der Waals surface area contributed by atoms with Crippen LogP contribution in [-0.4, -0.2) is 39.2 Å². The summed E-state index contributed by atoms with van der Waals surface area (Å²) in [5, 5.41) is 2.97. The van der Waals surface area contributed by atoms with E-state index in [0.29, 0.717) is 16.3 Å². The fourth-order valence-corrected chi connectivity index (χ4v) is 4.01. The number of hydrogen-bond donors (Lipinski definition) is 2. The third-order valence-electron chi connectivity index (χ3n) is 4.33. The summed E-state index contributed by atoms with van der Waals surface area (Å²) < 4.78 is 38.2. The van der Waals surface area contributed by atoms with E-state index in [4.69, 9.17) is 21.1 Å². The standard InChI is InChI=1S/C22H27ClN2O6S/c1-14-6-11-18(32(28,29)25-17-9-7-16(23)8-10-17)12-15(14)13-19(20(26)30-5)24-21(27)31-22(2,3)4/h6-12,19,25H,13H2,1-5H3,(H,24,27)/t19-/m1/s1. The zero-order chi connectivity index (χ0) is 24.1. The normalized spacial score (nSPS) is 12.6. The monoisotopic (exact) mass is 482 g/mol. The number of rotatable bonds is 7. The second-order valence-corrected chi connectivity index (χ2v) is 10.2. The Hall–Kier alpha value is -2.78. The Kier molecular flexibility index (Phi) is 8.14. The van der Waals surface area contributed by atoms with E-state index in [-0.39, 0.29) is 11.3 Å². The number of anilines is 1. The third-order valence-corrected chi connectivity index (χ3v) is 5.96. The summed E-state index contributed by atoms with van der Waals surface area (Å²) in [4.78, 5) is 24.4. The van der Waals surface area contributed by atoms with Crippen molar-refractivity contribution in [2.45, 2.75) is 50.7 Å². The molecule has 0 saturated carbocycles. The maximum atomic E-state index is 12.8. The SMILES string of the molecule is COC(=O)[C@@H](Cc1cc(S(=O)(=O)Nc2ccc(Cl)cc2)ccc1C)NC(=O)OC(C)(C)C. The summed E-state index contributed by atoms with van der Waals surface area (Å²) in [7, 11) is -2.69. The van der Waals surface area contributed by atoms with Crippen molar-refractivity contribution in [2.24, 2.45) is 0 Å². The van der Waals surface area contributed by atoms with Crippen LogP contribution in [0.5, 0.6) is 0 Å². The lowest BCUT2D eigenvalue weighted by Gasteiger charge is -2.23. The fraction of sp³-hybridized carbons (Fsp3) is 0.364. The van der Waals surface area contributed by atoms with Crippen LogP contribution in [0.4, 0.5) is 10.5 Å². The number of aryl methyl sites for hydroxylation is 1. The van der Waals surface area contributed by atoms with E-state index in [1.54, 1.807) is 58.0 Å². The van der Waals surface area contributed by atoms with Gasteiger partial charge in [-0.05, 0) is 75.2 Å². The van der Waals surface area contributed by atoms with Crippen molar-refractivity contribution < 1.29 is 27.5 Å². The second kappa shape index (κ2) is 10.2. The van der Waals surface area contributed by atoms with Crippen LogP contribution in [0.1, 0.15) is 31.9 Å². The molecule has 0 bridgehead atoms. The van der Waals surface area contributed by atoms with E-state index in [0.717, 1.165) is 5.56 Å². The second-order valence-electron chi connectivity index (χ2n) is 8.13. The minimum atomic E-state index is -3.90. The summed E-state index contributed by atoms with van der Waals surface area (Å²) in [5.74, 6) is -0.678. The van der Waals surface area contributed by atoms with Gasteiger partial charge in [0.05, 0.1) is 12.0 Å². The van der Waals surface area contributed by atoms with Gasteiger partial charge >= 0.3 is 12.1 Å². The molecule has 0 saturated heterocycles. The molecule has 0 radical (unpaired) electrons. The van der Waals surface area contributed by atoms with Gasteiger partial charge < -0.3 is 14.8 Å². The first-order chi connectivity index (χ1) is 14.8. The Balaban J connectivity index is 2.28. The Bertz CT molecular complexity index is 1080. The summed E-state index contributed by atoms with van der Waals surface area (Å²) in [6, 6.07) is 9.74. The van der Waals surface area contributed by atoms with Crippen LogP contribution in [0, 0.1) is 6.92 Å². The summed E-state index contributed by atoms with van der Waals surface area (Å²) in [6.07, 6.45) is -0.763. The van der Waals surface area contributed by atoms with Gasteiger partial charge in [0.15, 0.2) is 0 Å². The maximum Gasteiger partial charge on any atom is 0.408 e. The molecule has 0 aliphatic heterocycles. The van der Waals surface area contributed by atoms with E-state index >= 15 is 0 Å². The van der Waals surface area contributed by atoms with Gasteiger partial charge in [-0.25, -0.2) is 18.0 Å². The number of carbonyl (C=O) groups is 2. The van der Waals surface area contributed by atoms with Gasteiger partial charge in [-0.1, -0.05) is 17.7 Å². The van der Waals surface area contributed by atoms with Crippen LogP contribution in [0.25, 0.3) is 0 Å². The lowest BCUT2D eigenvalue weighted by atomic mass is 10.0. The highest BCUT2D eigenvalue weighted by atomic mass is 35.5. The van der Waals surface area contributed by atoms with Crippen LogP contribution >= 0.6 is 11.6 Å². The Morgan fingerprint density at radius 2 is 1.72 bits per heavy atom. The van der Waals surface area contributed by atoms with E-state index < -0.39 is 33.7 Å². The summed E-state index contributed by atoms with van der Waals surface area (Å²) >= 11 is 5.84. The molecule has 174 valence electrons. The van der Waals surface area contributed by atoms with Gasteiger partial charge in [-0.2, -0.15) is 0 Å². The average molecular weight is 483 g/mol. The van der Waals surface area contributed by atoms with E-state index in [9.17, 15) is 18.0 Å². The smallest absolute Gasteiger partial charge is 0.408 e. The number of ether oxygens (including phenoxy) is 2. The lowest BCUT2D eigenvalue weighted by Crippen LogP contribution is -2.45. The van der Waals surface area contributed by atoms with Crippen LogP contribution in [0.2, 0.25) is 5.02 Å². The molecule has 10 heteroatoms. The summed E-state index contributed by atoms with van der Waals surface area (Å²) in [6.45, 7) is 6.88. The van der Waals surface area contributed by atoms with Gasteiger partial charge in [0.1, 0.15) is 11.6 Å². The minimum Gasteiger partial charge on any atom is -0.467 e. The van der Waals surface area contributed by atoms with E-state index in [1.807, 2.05) is 0 Å². The number of hydrogen-bond acceptors (Lipinski definition) is 6. The molecule has 32 heavy (non-hydrogen) atoms. The first-order valence-corrected chi connectivity index (χ1v) is 11.6. The van der Waals surface area contributed by atoms with Gasteiger partial charge in [-0.15, -0.1) is 0 Å². The number of esters is 1. The quantitative estimate of drug-likeness (QED) is 0.576. The van der Waals surface area contributed by atoms with Crippen LogP contribution in [0.15, 0.2) is 47.4 Å². The Morgan fingerprint density at radius 1 is 1.09 bits per heavy atom. The predicted octanol–water partition coefficient (Wildman–Crippen LogP) is 4.06. The van der Waals surface area contributed by atoms with Crippen LogP contribution < -0.4 is 10.0 Å². The van der Waals surface area contributed by atoms with Gasteiger partial charge in [0, 0.05) is 17.1 Å². The van der Waals surface area contributed by atoms with Crippen molar-refractivity contribution in [3.63, 3.8) is 0 Å². The molecular weight excluding hydrogens is 456 g/mol. The first kappa shape index (κ1) is 25.5. The molecule has 0 heterocycles. The Morgan fingerprint density at radius 3 is 2.28 bits per heavy atom. The molecule has 1 atom stereocenters. The van der Waals surface area contributed by atoms with Gasteiger partial charge in [-0.3, -0.25) is 4.72 Å². The molecule has 2 aromatic rings. The number of methoxy groups -OCH3 is 1. The molecule has 2 aromatic carbocycles. The number of benzene rings is 2. The number of alkyl carbamates (subject to hydrolysis) is 1. The molecule has 8 nitrogen and oxygen atoms in total. The number of carbonyl (C=O) groups excluding carboxylic acids is 2. The van der Waals surface area contributed by atoms with Crippen molar-refractivity contribution in [3.05, 3.63) is 58.6 Å². The molecule has 2 N–H and O–H groups in total. The molecule has 0 fully saturated rings. The number of nitrogens with one attached hydrogen (secondary N) is 2.